The van der Waals surface area contributed by atoms with Crippen molar-refractivity contribution in [2.45, 2.75) is 18.8 Å². The van der Waals surface area contributed by atoms with E-state index in [0.29, 0.717) is 11.8 Å². The highest BCUT2D eigenvalue weighted by atomic mass is 79.9. The molecule has 0 saturated carbocycles. The van der Waals surface area contributed by atoms with E-state index in [9.17, 15) is 0 Å². The first-order valence-corrected chi connectivity index (χ1v) is 6.72. The van der Waals surface area contributed by atoms with Crippen LogP contribution < -0.4 is 4.90 Å². The Bertz CT molecular complexity index is 384. The van der Waals surface area contributed by atoms with E-state index in [0.717, 1.165) is 24.4 Å². The highest BCUT2D eigenvalue weighted by Gasteiger charge is 2.35. The van der Waals surface area contributed by atoms with Crippen molar-refractivity contribution in [3.8, 4) is 0 Å². The van der Waals surface area contributed by atoms with E-state index in [2.05, 4.69) is 38.9 Å². The van der Waals surface area contributed by atoms with Gasteiger partial charge < -0.3 is 14.6 Å². The third-order valence-corrected chi connectivity index (χ3v) is 4.24. The van der Waals surface area contributed by atoms with Gasteiger partial charge >= 0.3 is 0 Å². The monoisotopic (exact) mass is 284 g/mol. The molecule has 3 heterocycles. The van der Waals surface area contributed by atoms with E-state index >= 15 is 0 Å². The van der Waals surface area contributed by atoms with Crippen LogP contribution in [0.3, 0.4) is 0 Å². The van der Waals surface area contributed by atoms with Crippen molar-refractivity contribution in [2.75, 3.05) is 31.7 Å². The van der Waals surface area contributed by atoms with Crippen LogP contribution in [0.15, 0.2) is 10.7 Å². The van der Waals surface area contributed by atoms with Crippen molar-refractivity contribution in [2.24, 2.45) is 5.92 Å². The van der Waals surface area contributed by atoms with Crippen LogP contribution in [0.1, 0.15) is 24.5 Å². The van der Waals surface area contributed by atoms with Crippen LogP contribution in [0.5, 0.6) is 0 Å². The van der Waals surface area contributed by atoms with Crippen molar-refractivity contribution in [3.05, 3.63) is 16.4 Å². The maximum Gasteiger partial charge on any atom is 0.0843 e. The fourth-order valence-electron chi connectivity index (χ4n) is 2.98. The van der Waals surface area contributed by atoms with Gasteiger partial charge in [0.25, 0.3) is 0 Å². The van der Waals surface area contributed by atoms with Crippen LogP contribution >= 0.6 is 15.9 Å². The van der Waals surface area contributed by atoms with Gasteiger partial charge in [0, 0.05) is 31.8 Å². The maximum atomic E-state index is 5.61. The molecule has 1 aromatic rings. The number of H-pyrrole nitrogens is 1. The van der Waals surface area contributed by atoms with Crippen molar-refractivity contribution < 1.29 is 4.74 Å². The number of fused-ring (bicyclic) bond motifs is 1. The van der Waals surface area contributed by atoms with E-state index < -0.39 is 0 Å². The van der Waals surface area contributed by atoms with Gasteiger partial charge in [-0.25, -0.2) is 0 Å². The summed E-state index contributed by atoms with van der Waals surface area (Å²) in [6, 6.07) is 2.18. The normalized spacial score (nSPS) is 29.5. The third-order valence-electron chi connectivity index (χ3n) is 3.81. The summed E-state index contributed by atoms with van der Waals surface area (Å²) in [5, 5.41) is 0. The van der Waals surface area contributed by atoms with E-state index in [1.807, 2.05) is 0 Å². The lowest BCUT2D eigenvalue weighted by Crippen LogP contribution is -2.27. The van der Waals surface area contributed by atoms with Crippen LogP contribution in [-0.4, -0.2) is 31.8 Å². The molecule has 1 fully saturated rings. The Labute approximate surface area is 104 Å². The van der Waals surface area contributed by atoms with E-state index in [4.69, 9.17) is 4.74 Å². The summed E-state index contributed by atoms with van der Waals surface area (Å²) in [6.07, 6.45) is 2.51. The van der Waals surface area contributed by atoms with Crippen LogP contribution in [-0.2, 0) is 4.74 Å². The first-order chi connectivity index (χ1) is 7.75. The van der Waals surface area contributed by atoms with E-state index in [1.165, 1.54) is 24.2 Å². The molecule has 1 saturated heterocycles. The van der Waals surface area contributed by atoms with Crippen LogP contribution in [0.25, 0.3) is 0 Å². The highest BCUT2D eigenvalue weighted by Crippen LogP contribution is 2.42. The van der Waals surface area contributed by atoms with Gasteiger partial charge in [-0.3, -0.25) is 0 Å². The lowest BCUT2D eigenvalue weighted by Gasteiger charge is -2.27. The predicted octanol–water partition coefficient (Wildman–Crippen LogP) is 2.74. The Kier molecular flexibility index (Phi) is 2.72. The molecule has 0 aromatic carbocycles. The topological polar surface area (TPSA) is 28.3 Å². The molecule has 1 N–H and O–H groups in total. The number of halogens is 1. The fraction of sp³-hybridized carbons (Fsp3) is 0.667. The van der Waals surface area contributed by atoms with Crippen LogP contribution in [0, 0.1) is 5.92 Å². The molecule has 2 aliphatic heterocycles. The molecular weight excluding hydrogens is 268 g/mol. The lowest BCUT2D eigenvalue weighted by atomic mass is 9.87. The second-order valence-electron chi connectivity index (χ2n) is 4.88. The minimum Gasteiger partial charge on any atom is -0.381 e. The van der Waals surface area contributed by atoms with Gasteiger partial charge in [-0.1, -0.05) is 0 Å². The van der Waals surface area contributed by atoms with Crippen LogP contribution in [0.4, 0.5) is 5.69 Å². The molecular formula is C12H17BrN2O. The third kappa shape index (κ3) is 1.68. The average molecular weight is 285 g/mol. The molecule has 2 unspecified atom stereocenters. The van der Waals surface area contributed by atoms with Crippen molar-refractivity contribution in [3.63, 3.8) is 0 Å². The zero-order chi connectivity index (χ0) is 11.1. The number of nitrogens with one attached hydrogen (secondary N) is 1. The SMILES string of the molecule is CN1CC(C2CCCOC2)c2[nH]c(Br)cc21. The van der Waals surface area contributed by atoms with Gasteiger partial charge in [-0.15, -0.1) is 0 Å². The summed E-state index contributed by atoms with van der Waals surface area (Å²) in [6.45, 7) is 3.00. The first-order valence-electron chi connectivity index (χ1n) is 5.93. The Balaban J connectivity index is 1.86. The second kappa shape index (κ2) is 4.08. The average Bonchev–Trinajstić information content (AvgIpc) is 2.80. The summed E-state index contributed by atoms with van der Waals surface area (Å²) in [4.78, 5) is 5.80. The standard InChI is InChI=1S/C12H17BrN2O/c1-15-6-9(8-3-2-4-16-7-8)12-10(15)5-11(13)14-12/h5,8-9,14H,2-4,6-7H2,1H3. The fourth-order valence-corrected chi connectivity index (χ4v) is 3.41. The molecule has 0 aliphatic carbocycles. The Morgan fingerprint density at radius 1 is 1.56 bits per heavy atom. The molecule has 88 valence electrons. The molecule has 0 spiro atoms. The minimum atomic E-state index is 0.617. The minimum absolute atomic E-state index is 0.617. The van der Waals surface area contributed by atoms with Crippen molar-refractivity contribution in [1.29, 1.82) is 0 Å². The molecule has 0 bridgehead atoms. The molecule has 16 heavy (non-hydrogen) atoms. The smallest absolute Gasteiger partial charge is 0.0843 e. The zero-order valence-corrected chi connectivity index (χ0v) is 11.1. The summed E-state index contributed by atoms with van der Waals surface area (Å²) in [5.74, 6) is 1.30. The highest BCUT2D eigenvalue weighted by molar-refractivity contribution is 9.10. The lowest BCUT2D eigenvalue weighted by molar-refractivity contribution is 0.0455. The molecule has 3 nitrogen and oxygen atoms in total. The quantitative estimate of drug-likeness (QED) is 0.859. The van der Waals surface area contributed by atoms with Crippen LogP contribution in [0.2, 0.25) is 0 Å². The molecule has 0 amide bonds. The number of hydrogen-bond acceptors (Lipinski definition) is 2. The van der Waals surface area contributed by atoms with E-state index in [-0.39, 0.29) is 0 Å². The summed E-state index contributed by atoms with van der Waals surface area (Å²) >= 11 is 3.52. The number of rotatable bonds is 1. The van der Waals surface area contributed by atoms with Gasteiger partial charge in [0.15, 0.2) is 0 Å². The van der Waals surface area contributed by atoms with Gasteiger partial charge in [0.2, 0.25) is 0 Å². The number of ether oxygens (including phenoxy) is 1. The Hall–Kier alpha value is -0.480. The van der Waals surface area contributed by atoms with Gasteiger partial charge in [0.1, 0.15) is 0 Å². The summed E-state index contributed by atoms with van der Waals surface area (Å²) in [5.41, 5.74) is 2.74. The number of aromatic amines is 1. The van der Waals surface area contributed by atoms with Crippen molar-refractivity contribution in [1.82, 2.24) is 4.98 Å². The predicted molar refractivity (Wildman–Crippen MR) is 68.0 cm³/mol. The summed E-state index contributed by atoms with van der Waals surface area (Å²) in [7, 11) is 2.17. The number of nitrogens with zero attached hydrogens (tertiary/aromatic N) is 1. The number of anilines is 1. The molecule has 2 aliphatic rings. The molecule has 1 aromatic heterocycles. The number of aromatic nitrogens is 1. The Morgan fingerprint density at radius 3 is 3.19 bits per heavy atom. The molecule has 4 heteroatoms. The number of likely N-dealkylation sites (N-methyl/N-ethyl adjacent to an activating group) is 1. The second-order valence-corrected chi connectivity index (χ2v) is 5.73. The molecule has 0 radical (unpaired) electrons. The molecule has 3 rings (SSSR count). The van der Waals surface area contributed by atoms with Gasteiger partial charge in [0.05, 0.1) is 16.9 Å². The first kappa shape index (κ1) is 10.7. The zero-order valence-electron chi connectivity index (χ0n) is 9.50. The molecule has 2 atom stereocenters. The number of hydrogen-bond donors (Lipinski definition) is 1. The van der Waals surface area contributed by atoms with Gasteiger partial charge in [-0.05, 0) is 40.8 Å². The maximum absolute atomic E-state index is 5.61. The van der Waals surface area contributed by atoms with E-state index in [1.54, 1.807) is 0 Å². The largest absolute Gasteiger partial charge is 0.381 e. The Morgan fingerprint density at radius 2 is 2.44 bits per heavy atom. The summed E-state index contributed by atoms with van der Waals surface area (Å²) < 4.78 is 6.70. The van der Waals surface area contributed by atoms with Gasteiger partial charge in [-0.2, -0.15) is 0 Å². The van der Waals surface area contributed by atoms with Crippen molar-refractivity contribution >= 4 is 21.6 Å².